The average molecular weight is 165 g/mol. The summed E-state index contributed by atoms with van der Waals surface area (Å²) < 4.78 is 8.88. The Balaban J connectivity index is -0.00000000533. The van der Waals surface area contributed by atoms with Gasteiger partial charge in [0.25, 0.3) is 0 Å². The number of hydrogen-bond acceptors (Lipinski definition) is 2. The second-order valence-corrected chi connectivity index (χ2v) is 1.54. The molecule has 0 spiro atoms. The number of hydrogen-bond donors (Lipinski definition) is 4. The van der Waals surface area contributed by atoms with Crippen LogP contribution in [-0.2, 0) is 4.57 Å². The van der Waals surface area contributed by atoms with Crippen LogP contribution in [0.4, 0.5) is 0 Å². The molecule has 5 nitrogen and oxygen atoms in total. The smallest absolute Gasteiger partial charge is 1.00 e. The van der Waals surface area contributed by atoms with Crippen molar-refractivity contribution in [3.63, 3.8) is 0 Å². The Kier molecular flexibility index (Phi) is 24.9. The second-order valence-electron chi connectivity index (χ2n) is 0.513. The van der Waals surface area contributed by atoms with Crippen molar-refractivity contribution in [1.29, 1.82) is 0 Å². The first kappa shape index (κ1) is 22.5. The van der Waals surface area contributed by atoms with Gasteiger partial charge in [-0.1, -0.05) is 0 Å². The zero-order valence-corrected chi connectivity index (χ0v) is 8.92. The van der Waals surface area contributed by atoms with Crippen molar-refractivity contribution in [3.8, 4) is 0 Å². The summed E-state index contributed by atoms with van der Waals surface area (Å²) in [5, 5.41) is 0. The molecule has 8 heteroatoms. The molecular formula is H9MgNNaO4P. The minimum atomic E-state index is -4.64. The maximum atomic E-state index is 8.88. The standard InChI is InChI=1S/Mg.H3N.Na.H3O4P.3H/c;;;1-5(2,3)4;;;/h;1H3;;(H3,1,2,3,4);;;/q+2;;+1;;3*-1. The van der Waals surface area contributed by atoms with Gasteiger partial charge in [0, 0.05) is 0 Å². The zero-order valence-electron chi connectivity index (χ0n) is 7.61. The Morgan fingerprint density at radius 1 is 1.25 bits per heavy atom. The van der Waals surface area contributed by atoms with E-state index in [0.29, 0.717) is 0 Å². The van der Waals surface area contributed by atoms with E-state index in [9.17, 15) is 0 Å². The molecule has 0 aliphatic heterocycles. The van der Waals surface area contributed by atoms with Crippen LogP contribution in [0.2, 0.25) is 0 Å². The van der Waals surface area contributed by atoms with Crippen LogP contribution in [0.5, 0.6) is 0 Å². The summed E-state index contributed by atoms with van der Waals surface area (Å²) in [4.78, 5) is 21.6. The molecule has 0 aliphatic carbocycles. The summed E-state index contributed by atoms with van der Waals surface area (Å²) in [7, 11) is -4.64. The molecule has 0 aliphatic rings. The molecule has 0 aromatic heterocycles. The molecule has 0 saturated carbocycles. The van der Waals surface area contributed by atoms with Crippen LogP contribution in [0.3, 0.4) is 0 Å². The summed E-state index contributed by atoms with van der Waals surface area (Å²) >= 11 is 0. The molecule has 0 atom stereocenters. The van der Waals surface area contributed by atoms with Crippen LogP contribution in [0.25, 0.3) is 0 Å². The third kappa shape index (κ3) is 109. The molecule has 6 N–H and O–H groups in total. The van der Waals surface area contributed by atoms with Crippen molar-refractivity contribution >= 4 is 30.9 Å². The van der Waals surface area contributed by atoms with Crippen LogP contribution in [0.15, 0.2) is 0 Å². The Morgan fingerprint density at radius 2 is 1.25 bits per heavy atom. The Hall–Kier alpha value is 1.84. The predicted molar refractivity (Wildman–Crippen MR) is 28.4 cm³/mol. The first-order valence-corrected chi connectivity index (χ1v) is 2.35. The van der Waals surface area contributed by atoms with E-state index in [-0.39, 0.29) is 63.0 Å². The van der Waals surface area contributed by atoms with Crippen molar-refractivity contribution in [2.45, 2.75) is 0 Å². The van der Waals surface area contributed by atoms with E-state index in [1.807, 2.05) is 0 Å². The van der Waals surface area contributed by atoms with Gasteiger partial charge < -0.3 is 25.1 Å². The van der Waals surface area contributed by atoms with Gasteiger partial charge in [-0.05, 0) is 0 Å². The van der Waals surface area contributed by atoms with Gasteiger partial charge >= 0.3 is 60.4 Å². The van der Waals surface area contributed by atoms with Crippen molar-refractivity contribution in [2.75, 3.05) is 0 Å². The average Bonchev–Trinajstić information content (AvgIpc) is 0.722. The second kappa shape index (κ2) is 8.84. The summed E-state index contributed by atoms with van der Waals surface area (Å²) in [6.45, 7) is 0. The molecule has 0 heterocycles. The van der Waals surface area contributed by atoms with Gasteiger partial charge in [-0.3, -0.25) is 0 Å². The number of rotatable bonds is 0. The summed E-state index contributed by atoms with van der Waals surface area (Å²) in [6, 6.07) is 0. The van der Waals surface area contributed by atoms with E-state index in [1.54, 1.807) is 0 Å². The number of phosphoric acid groups is 1. The zero-order chi connectivity index (χ0) is 4.50. The largest absolute Gasteiger partial charge is 2.00 e. The van der Waals surface area contributed by atoms with Crippen molar-refractivity contribution in [3.05, 3.63) is 0 Å². The maximum absolute atomic E-state index is 8.88. The molecule has 0 fully saturated rings. The van der Waals surface area contributed by atoms with Gasteiger partial charge in [0.2, 0.25) is 0 Å². The van der Waals surface area contributed by atoms with Crippen molar-refractivity contribution in [2.24, 2.45) is 0 Å². The fourth-order valence-electron chi connectivity index (χ4n) is 0. The molecule has 0 aromatic carbocycles. The van der Waals surface area contributed by atoms with Gasteiger partial charge in [-0.2, -0.15) is 0 Å². The van der Waals surface area contributed by atoms with E-state index in [1.165, 1.54) is 0 Å². The van der Waals surface area contributed by atoms with Crippen LogP contribution < -0.4 is 35.7 Å². The van der Waals surface area contributed by atoms with Gasteiger partial charge in [0.1, 0.15) is 0 Å². The van der Waals surface area contributed by atoms with E-state index in [0.717, 1.165) is 0 Å². The third-order valence-electron chi connectivity index (χ3n) is 0. The van der Waals surface area contributed by atoms with Gasteiger partial charge in [-0.25, -0.2) is 4.57 Å². The maximum Gasteiger partial charge on any atom is 2.00 e. The fraction of sp³-hybridized carbons (Fsp3) is 0. The molecule has 0 radical (unpaired) electrons. The summed E-state index contributed by atoms with van der Waals surface area (Å²) in [5.41, 5.74) is 0. The van der Waals surface area contributed by atoms with E-state index in [2.05, 4.69) is 0 Å². The van der Waals surface area contributed by atoms with E-state index in [4.69, 9.17) is 19.2 Å². The molecule has 0 rings (SSSR count). The molecule has 0 unspecified atom stereocenters. The molecule has 8 heavy (non-hydrogen) atoms. The summed E-state index contributed by atoms with van der Waals surface area (Å²) in [5.74, 6) is 0. The van der Waals surface area contributed by atoms with Crippen LogP contribution in [-0.4, -0.2) is 37.7 Å². The minimum absolute atomic E-state index is 0. The Labute approximate surface area is 89.6 Å². The van der Waals surface area contributed by atoms with Crippen molar-refractivity contribution < 1.29 is 53.1 Å². The van der Waals surface area contributed by atoms with Gasteiger partial charge in [-0.15, -0.1) is 0 Å². The third-order valence-corrected chi connectivity index (χ3v) is 0. The predicted octanol–water partition coefficient (Wildman–Crippen LogP) is -3.81. The topological polar surface area (TPSA) is 113 Å². The molecule has 0 saturated heterocycles. The van der Waals surface area contributed by atoms with Gasteiger partial charge in [0.05, 0.1) is 0 Å². The summed E-state index contributed by atoms with van der Waals surface area (Å²) in [6.07, 6.45) is 0. The normalized spacial score (nSPS) is 7.38. The minimum Gasteiger partial charge on any atom is -1.00 e. The van der Waals surface area contributed by atoms with E-state index < -0.39 is 7.82 Å². The fourth-order valence-corrected chi connectivity index (χ4v) is 0. The molecule has 0 bridgehead atoms. The first-order valence-electron chi connectivity index (χ1n) is 0.783. The van der Waals surface area contributed by atoms with Crippen LogP contribution >= 0.6 is 7.82 Å². The SMILES string of the molecule is N.O=P(O)(O)O.[H-].[H-].[H-].[Mg+2].[Na+]. The quantitative estimate of drug-likeness (QED) is 0.217. The van der Waals surface area contributed by atoms with Gasteiger partial charge in [0.15, 0.2) is 0 Å². The first-order chi connectivity index (χ1) is 2.00. The van der Waals surface area contributed by atoms with Crippen LogP contribution in [0, 0.1) is 0 Å². The Morgan fingerprint density at radius 3 is 1.25 bits per heavy atom. The van der Waals surface area contributed by atoms with E-state index >= 15 is 0 Å². The van der Waals surface area contributed by atoms with Crippen molar-refractivity contribution in [1.82, 2.24) is 6.15 Å². The monoisotopic (exact) mass is 165 g/mol. The molecule has 0 amide bonds. The Bertz CT molecular complexity index is 71.5. The molecule has 46 valence electrons. The molecule has 0 aromatic rings. The van der Waals surface area contributed by atoms with Crippen LogP contribution in [0.1, 0.15) is 4.28 Å². The molecular weight excluding hydrogens is 156 g/mol.